The summed E-state index contributed by atoms with van der Waals surface area (Å²) in [7, 11) is 0. The van der Waals surface area contributed by atoms with Gasteiger partial charge in [0.15, 0.2) is 23.0 Å². The van der Waals surface area contributed by atoms with Gasteiger partial charge in [0.2, 0.25) is 0 Å². The van der Waals surface area contributed by atoms with Gasteiger partial charge in [-0.3, -0.25) is 0 Å². The number of phenolic OH excluding ortho intramolecular Hbond substituents is 4. The summed E-state index contributed by atoms with van der Waals surface area (Å²) < 4.78 is 4.50. The van der Waals surface area contributed by atoms with Crippen molar-refractivity contribution in [3.63, 3.8) is 0 Å². The molecule has 138 valence electrons. The van der Waals surface area contributed by atoms with E-state index in [0.29, 0.717) is 13.2 Å². The van der Waals surface area contributed by atoms with Crippen molar-refractivity contribution in [2.75, 3.05) is 13.2 Å². The molecule has 8 nitrogen and oxygen atoms in total. The quantitative estimate of drug-likeness (QED) is 0.455. The average Bonchev–Trinajstić information content (AvgIpc) is 2.59. The summed E-state index contributed by atoms with van der Waals surface area (Å²) in [6.45, 7) is 2.40. The summed E-state index contributed by atoms with van der Waals surface area (Å²) in [5.74, 6) is -1.30. The van der Waals surface area contributed by atoms with Crippen LogP contribution in [0.2, 0.25) is 0 Å². The van der Waals surface area contributed by atoms with Gasteiger partial charge in [0.05, 0.1) is 0 Å². The molecule has 0 saturated carbocycles. The zero-order valence-corrected chi connectivity index (χ0v) is 13.8. The zero-order valence-electron chi connectivity index (χ0n) is 13.8. The number of carbonyl (C=O) groups is 1. The van der Waals surface area contributed by atoms with E-state index in [1.807, 2.05) is 0 Å². The van der Waals surface area contributed by atoms with Crippen LogP contribution in [0, 0.1) is 0 Å². The van der Waals surface area contributed by atoms with E-state index in [-0.39, 0.29) is 29.6 Å². The average molecular weight is 353 g/mol. The number of aromatic hydroxyl groups is 4. The van der Waals surface area contributed by atoms with E-state index in [1.165, 1.54) is 24.3 Å². The van der Waals surface area contributed by atoms with Crippen LogP contribution in [0.4, 0.5) is 0 Å². The van der Waals surface area contributed by atoms with Crippen LogP contribution in [-0.2, 0) is 16.1 Å². The Bertz CT molecular complexity index is 626. The highest BCUT2D eigenvalue weighted by atomic mass is 16.5. The molecule has 0 aliphatic rings. The number of nitrogens with two attached hydrogens (primary N) is 1. The van der Waals surface area contributed by atoms with Crippen LogP contribution in [0.1, 0.15) is 12.5 Å². The van der Waals surface area contributed by atoms with Crippen LogP contribution in [0.15, 0.2) is 42.5 Å². The summed E-state index contributed by atoms with van der Waals surface area (Å²) in [4.78, 5) is 9.63. The number of phenols is 4. The molecule has 2 rings (SSSR count). The third kappa shape index (κ3) is 10.4. The summed E-state index contributed by atoms with van der Waals surface area (Å²) in [6, 6.07) is 10.7. The van der Waals surface area contributed by atoms with E-state index in [2.05, 4.69) is 4.74 Å². The van der Waals surface area contributed by atoms with Crippen LogP contribution >= 0.6 is 0 Å². The first-order chi connectivity index (χ1) is 11.8. The normalized spacial score (nSPS) is 9.20. The van der Waals surface area contributed by atoms with E-state index in [1.54, 1.807) is 25.1 Å². The number of ether oxygens (including phenoxy) is 1. The maximum Gasteiger partial charge on any atom is 0.329 e. The van der Waals surface area contributed by atoms with Gasteiger partial charge in [0, 0.05) is 13.2 Å². The molecule has 0 aromatic heterocycles. The molecule has 0 atom stereocenters. The van der Waals surface area contributed by atoms with Crippen molar-refractivity contribution in [1.82, 2.24) is 0 Å². The molecule has 2 aromatic rings. The fourth-order valence-corrected chi connectivity index (χ4v) is 1.35. The van der Waals surface area contributed by atoms with E-state index in [0.717, 1.165) is 5.56 Å². The number of rotatable bonds is 4. The summed E-state index contributed by atoms with van der Waals surface area (Å²) in [5, 5.41) is 43.0. The van der Waals surface area contributed by atoms with Crippen molar-refractivity contribution >= 4 is 5.97 Å². The molecular weight excluding hydrogens is 330 g/mol. The van der Waals surface area contributed by atoms with Crippen LogP contribution < -0.4 is 5.73 Å². The number of hydrogen-bond acceptors (Lipinski definition) is 7. The molecule has 0 heterocycles. The lowest BCUT2D eigenvalue weighted by Gasteiger charge is -1.98. The lowest BCUT2D eigenvalue weighted by molar-refractivity contribution is -0.142. The van der Waals surface area contributed by atoms with Crippen molar-refractivity contribution in [3.8, 4) is 23.0 Å². The third-order valence-electron chi connectivity index (χ3n) is 2.59. The Hall–Kier alpha value is -2.97. The van der Waals surface area contributed by atoms with Crippen molar-refractivity contribution in [2.45, 2.75) is 13.5 Å². The standard InChI is InChI=1S/C7H9NO2.C6H6O2.C4H8O3/c8-4-5-1-2-6(9)7(10)3-5;7-5-3-1-2-4-6(5)8;1-2-7-3-4(5)6/h1-3,9-10H,4,8H2;1-4,7-8H;2-3H2,1H3,(H,5,6). The van der Waals surface area contributed by atoms with Crippen LogP contribution in [0.5, 0.6) is 23.0 Å². The maximum absolute atomic E-state index is 9.63. The predicted octanol–water partition coefficient (Wildman–Crippen LogP) is 1.76. The molecule has 0 radical (unpaired) electrons. The Balaban J connectivity index is 0.000000353. The molecule has 0 amide bonds. The van der Waals surface area contributed by atoms with Crippen molar-refractivity contribution in [3.05, 3.63) is 48.0 Å². The van der Waals surface area contributed by atoms with E-state index >= 15 is 0 Å². The van der Waals surface area contributed by atoms with Gasteiger partial charge in [-0.15, -0.1) is 0 Å². The molecule has 0 aliphatic heterocycles. The Morgan fingerprint density at radius 2 is 1.48 bits per heavy atom. The van der Waals surface area contributed by atoms with Gasteiger partial charge >= 0.3 is 5.97 Å². The second-order valence-corrected chi connectivity index (χ2v) is 4.55. The predicted molar refractivity (Wildman–Crippen MR) is 91.6 cm³/mol. The number of carboxylic acids is 1. The largest absolute Gasteiger partial charge is 0.504 e. The van der Waals surface area contributed by atoms with E-state index in [4.69, 9.17) is 31.3 Å². The molecule has 0 saturated heterocycles. The number of para-hydroxylation sites is 2. The Labute approximate surface area is 145 Å². The molecule has 7 N–H and O–H groups in total. The monoisotopic (exact) mass is 353 g/mol. The SMILES string of the molecule is CCOCC(=O)O.NCc1ccc(O)c(O)c1.Oc1ccccc1O. The second kappa shape index (κ2) is 12.5. The zero-order chi connectivity index (χ0) is 19.2. The van der Waals surface area contributed by atoms with Crippen LogP contribution in [0.25, 0.3) is 0 Å². The summed E-state index contributed by atoms with van der Waals surface area (Å²) in [6.07, 6.45) is 0. The number of hydrogen-bond donors (Lipinski definition) is 6. The van der Waals surface area contributed by atoms with Crippen molar-refractivity contribution in [1.29, 1.82) is 0 Å². The molecular formula is C17H23NO7. The minimum Gasteiger partial charge on any atom is -0.504 e. The fraction of sp³-hybridized carbons (Fsp3) is 0.235. The Morgan fingerprint density at radius 3 is 1.80 bits per heavy atom. The first-order valence-electron chi connectivity index (χ1n) is 7.29. The highest BCUT2D eigenvalue weighted by molar-refractivity contribution is 5.67. The smallest absolute Gasteiger partial charge is 0.329 e. The van der Waals surface area contributed by atoms with Crippen LogP contribution in [0.3, 0.4) is 0 Å². The second-order valence-electron chi connectivity index (χ2n) is 4.55. The van der Waals surface area contributed by atoms with Crippen LogP contribution in [-0.4, -0.2) is 44.7 Å². The van der Waals surface area contributed by atoms with Gasteiger partial charge in [0.25, 0.3) is 0 Å². The molecule has 8 heteroatoms. The molecule has 0 unspecified atom stereocenters. The Kier molecular flexibility index (Phi) is 11.0. The third-order valence-corrected chi connectivity index (χ3v) is 2.59. The molecule has 25 heavy (non-hydrogen) atoms. The number of aliphatic carboxylic acids is 1. The summed E-state index contributed by atoms with van der Waals surface area (Å²) >= 11 is 0. The first kappa shape index (κ1) is 22.0. The molecule has 0 fully saturated rings. The number of benzene rings is 2. The van der Waals surface area contributed by atoms with Gasteiger partial charge in [-0.25, -0.2) is 4.79 Å². The minimum absolute atomic E-state index is 0.0764. The van der Waals surface area contributed by atoms with Gasteiger partial charge in [-0.1, -0.05) is 18.2 Å². The van der Waals surface area contributed by atoms with Gasteiger partial charge in [0.1, 0.15) is 6.61 Å². The highest BCUT2D eigenvalue weighted by Gasteiger charge is 1.97. The minimum atomic E-state index is -0.915. The van der Waals surface area contributed by atoms with Crippen molar-refractivity contribution < 1.29 is 35.1 Å². The summed E-state index contributed by atoms with van der Waals surface area (Å²) in [5.41, 5.74) is 6.08. The lowest BCUT2D eigenvalue weighted by Crippen LogP contribution is -2.05. The first-order valence-corrected chi connectivity index (χ1v) is 7.29. The molecule has 0 bridgehead atoms. The van der Waals surface area contributed by atoms with Crippen molar-refractivity contribution in [2.24, 2.45) is 5.73 Å². The Morgan fingerprint density at radius 1 is 0.960 bits per heavy atom. The number of carboxylic acid groups (broad SMARTS) is 1. The fourth-order valence-electron chi connectivity index (χ4n) is 1.35. The van der Waals surface area contributed by atoms with Gasteiger partial charge in [-0.05, 0) is 36.8 Å². The maximum atomic E-state index is 9.63. The van der Waals surface area contributed by atoms with E-state index < -0.39 is 5.97 Å². The molecule has 2 aromatic carbocycles. The molecule has 0 aliphatic carbocycles. The molecule has 0 spiro atoms. The lowest BCUT2D eigenvalue weighted by atomic mass is 10.2. The highest BCUT2D eigenvalue weighted by Crippen LogP contribution is 2.24. The van der Waals surface area contributed by atoms with Gasteiger partial charge in [-0.2, -0.15) is 0 Å². The topological polar surface area (TPSA) is 153 Å². The van der Waals surface area contributed by atoms with E-state index in [9.17, 15) is 4.79 Å². The van der Waals surface area contributed by atoms with Gasteiger partial charge < -0.3 is 36.0 Å².